The number of piperazine rings is 1. The summed E-state index contributed by atoms with van der Waals surface area (Å²) in [4.78, 5) is 28.3. The number of aromatic amines is 1. The van der Waals surface area contributed by atoms with Crippen LogP contribution < -0.4 is 4.90 Å². The quantitative estimate of drug-likeness (QED) is 0.351. The van der Waals surface area contributed by atoms with Crippen LogP contribution in [-0.2, 0) is 11.2 Å². The molecule has 0 saturated carbocycles. The summed E-state index contributed by atoms with van der Waals surface area (Å²) in [7, 11) is 0. The van der Waals surface area contributed by atoms with E-state index in [0.717, 1.165) is 49.3 Å². The molecule has 3 heterocycles. The summed E-state index contributed by atoms with van der Waals surface area (Å²) in [5.74, 6) is 0.445. The number of halogens is 4. The van der Waals surface area contributed by atoms with Crippen LogP contribution in [0.4, 0.5) is 10.2 Å². The summed E-state index contributed by atoms with van der Waals surface area (Å²) in [6.07, 6.45) is 4.86. The number of hydrogen-bond acceptors (Lipinski definition) is 5. The van der Waals surface area contributed by atoms with Crippen molar-refractivity contribution in [1.82, 2.24) is 19.9 Å². The Balaban J connectivity index is 0.00000171. The standard InChI is InChI=1S/C20H22AsBrFN5O.2ClH/c21-18(14(11-29)9-13-1-2-15(22)10-17(13)23)27-5-7-28(8-6-27)20-16-3-4-24-19(16)25-12-26-20;;/h1-4,10-12,14,18H,5-9,21H2,(H,24,25,26);2*1H. The first-order chi connectivity index (χ1) is 14.1. The van der Waals surface area contributed by atoms with Crippen LogP contribution in [0.5, 0.6) is 0 Å². The minimum absolute atomic E-state index is 0. The Labute approximate surface area is 209 Å². The Morgan fingerprint density at radius 3 is 2.61 bits per heavy atom. The van der Waals surface area contributed by atoms with Crippen LogP contribution in [0.15, 0.2) is 41.3 Å². The van der Waals surface area contributed by atoms with Crippen molar-refractivity contribution in [3.05, 3.63) is 52.6 Å². The molecule has 3 unspecified atom stereocenters. The Morgan fingerprint density at radius 1 is 1.19 bits per heavy atom. The summed E-state index contributed by atoms with van der Waals surface area (Å²) >= 11 is 4.79. The topological polar surface area (TPSA) is 65.1 Å². The van der Waals surface area contributed by atoms with Gasteiger partial charge in [0.05, 0.1) is 0 Å². The van der Waals surface area contributed by atoms with Crippen LogP contribution in [0.3, 0.4) is 0 Å². The van der Waals surface area contributed by atoms with Crippen molar-refractivity contribution >= 4 is 80.7 Å². The maximum atomic E-state index is 14.2. The Hall–Kier alpha value is -1.18. The molecule has 6 nitrogen and oxygen atoms in total. The summed E-state index contributed by atoms with van der Waals surface area (Å²) in [5.41, 5.74) is 1.43. The number of H-pyrrole nitrogens is 1. The molecule has 1 saturated heterocycles. The summed E-state index contributed by atoms with van der Waals surface area (Å²) in [5, 5.41) is 1.02. The molecule has 31 heavy (non-hydrogen) atoms. The number of hydrogen-bond donors (Lipinski definition) is 1. The van der Waals surface area contributed by atoms with E-state index in [1.807, 2.05) is 18.3 Å². The van der Waals surface area contributed by atoms with Gasteiger partial charge in [-0.05, 0) is 0 Å². The van der Waals surface area contributed by atoms with E-state index in [-0.39, 0.29) is 41.4 Å². The zero-order valence-electron chi connectivity index (χ0n) is 16.6. The second-order valence-electron chi connectivity index (χ2n) is 7.19. The SMILES string of the molecule is Cl.Cl.O=CC(Cc1ccc(Br)cc1F)C([AsH2])N1CCN(c2ncnc3[nH]ccc23)CC1. The summed E-state index contributed by atoms with van der Waals surface area (Å²) in [6.45, 7) is 3.34. The van der Waals surface area contributed by atoms with Crippen molar-refractivity contribution in [2.45, 2.75) is 11.3 Å². The Kier molecular flexibility index (Phi) is 9.77. The molecule has 2 aromatic heterocycles. The van der Waals surface area contributed by atoms with Gasteiger partial charge in [-0.15, -0.1) is 24.8 Å². The zero-order chi connectivity index (χ0) is 20.4. The molecule has 3 atom stereocenters. The molecule has 4 rings (SSSR count). The fourth-order valence-electron chi connectivity index (χ4n) is 3.80. The van der Waals surface area contributed by atoms with Gasteiger partial charge in [0.2, 0.25) is 0 Å². The van der Waals surface area contributed by atoms with Gasteiger partial charge in [-0.3, -0.25) is 0 Å². The van der Waals surface area contributed by atoms with Crippen LogP contribution >= 0.6 is 40.7 Å². The fraction of sp³-hybridized carbons (Fsp3) is 0.350. The zero-order valence-corrected chi connectivity index (χ0v) is 22.2. The first-order valence-electron chi connectivity index (χ1n) is 9.48. The van der Waals surface area contributed by atoms with Gasteiger partial charge in [0, 0.05) is 0 Å². The molecule has 0 aliphatic carbocycles. The number of rotatable bonds is 6. The first-order valence-corrected chi connectivity index (χ1v) is 11.7. The minimum atomic E-state index is -0.268. The van der Waals surface area contributed by atoms with Crippen molar-refractivity contribution in [1.29, 1.82) is 0 Å². The molecule has 0 spiro atoms. The van der Waals surface area contributed by atoms with Crippen molar-refractivity contribution in [3.8, 4) is 0 Å². The van der Waals surface area contributed by atoms with E-state index in [1.165, 1.54) is 22.9 Å². The molecular weight excluding hydrogens is 571 g/mol. The van der Waals surface area contributed by atoms with Gasteiger partial charge in [-0.25, -0.2) is 0 Å². The number of nitrogens with one attached hydrogen (secondary N) is 1. The van der Waals surface area contributed by atoms with E-state index < -0.39 is 0 Å². The summed E-state index contributed by atoms with van der Waals surface area (Å²) in [6, 6.07) is 7.02. The average molecular weight is 595 g/mol. The van der Waals surface area contributed by atoms with Gasteiger partial charge in [0.15, 0.2) is 0 Å². The Morgan fingerprint density at radius 2 is 1.94 bits per heavy atom. The van der Waals surface area contributed by atoms with Crippen molar-refractivity contribution in [2.24, 2.45) is 5.92 Å². The molecule has 1 fully saturated rings. The average Bonchev–Trinajstić information content (AvgIpc) is 3.22. The van der Waals surface area contributed by atoms with E-state index in [2.05, 4.69) is 40.7 Å². The number of benzene rings is 1. The van der Waals surface area contributed by atoms with Crippen LogP contribution in [-0.4, -0.2) is 74.0 Å². The monoisotopic (exact) mass is 593 g/mol. The van der Waals surface area contributed by atoms with Crippen molar-refractivity contribution < 1.29 is 9.18 Å². The molecule has 1 N–H and O–H groups in total. The molecule has 168 valence electrons. The predicted octanol–water partition coefficient (Wildman–Crippen LogP) is 2.84. The molecule has 3 aromatic rings. The number of anilines is 1. The molecular formula is C20H24AsBrCl2FN5O. The van der Waals surface area contributed by atoms with Gasteiger partial charge in [0.25, 0.3) is 0 Å². The van der Waals surface area contributed by atoms with Crippen LogP contribution in [0.25, 0.3) is 11.0 Å². The number of carbonyl (C=O) groups excluding carboxylic acids is 1. The van der Waals surface area contributed by atoms with E-state index in [9.17, 15) is 9.18 Å². The third-order valence-electron chi connectivity index (χ3n) is 5.45. The van der Waals surface area contributed by atoms with Gasteiger partial charge < -0.3 is 0 Å². The van der Waals surface area contributed by atoms with Gasteiger partial charge >= 0.3 is 186 Å². The molecule has 0 radical (unpaired) electrons. The van der Waals surface area contributed by atoms with E-state index in [4.69, 9.17) is 0 Å². The second-order valence-corrected chi connectivity index (χ2v) is 9.54. The number of nitrogens with zero attached hydrogens (tertiary/aromatic N) is 4. The van der Waals surface area contributed by atoms with Crippen molar-refractivity contribution in [3.63, 3.8) is 0 Å². The van der Waals surface area contributed by atoms with Crippen LogP contribution in [0, 0.1) is 11.7 Å². The van der Waals surface area contributed by atoms with Gasteiger partial charge in [-0.2, -0.15) is 0 Å². The van der Waals surface area contributed by atoms with Crippen LogP contribution in [0.2, 0.25) is 0 Å². The molecule has 1 aliphatic rings. The predicted molar refractivity (Wildman–Crippen MR) is 132 cm³/mol. The van der Waals surface area contributed by atoms with Crippen molar-refractivity contribution in [2.75, 3.05) is 31.1 Å². The number of aldehydes is 1. The van der Waals surface area contributed by atoms with E-state index in [1.54, 1.807) is 12.4 Å². The first kappa shape index (κ1) is 26.1. The molecule has 0 bridgehead atoms. The van der Waals surface area contributed by atoms with Gasteiger partial charge in [0.1, 0.15) is 0 Å². The number of aromatic nitrogens is 3. The fourth-order valence-corrected chi connectivity index (χ4v) is 5.24. The number of fused-ring (bicyclic) bond motifs is 1. The number of carbonyl (C=O) groups is 1. The molecule has 0 amide bonds. The molecule has 1 aliphatic heterocycles. The summed E-state index contributed by atoms with van der Waals surface area (Å²) < 4.78 is 14.9. The molecule has 11 heteroatoms. The third kappa shape index (κ3) is 5.79. The van der Waals surface area contributed by atoms with E-state index in [0.29, 0.717) is 16.5 Å². The second kappa shape index (κ2) is 11.6. The van der Waals surface area contributed by atoms with Gasteiger partial charge in [-0.1, -0.05) is 0 Å². The van der Waals surface area contributed by atoms with E-state index >= 15 is 0 Å². The maximum absolute atomic E-state index is 14.2. The normalized spacial score (nSPS) is 16.3. The van der Waals surface area contributed by atoms with Crippen LogP contribution in [0.1, 0.15) is 5.56 Å². The third-order valence-corrected chi connectivity index (χ3v) is 7.87. The Bertz CT molecular complexity index is 1020. The molecule has 1 aromatic carbocycles.